The summed E-state index contributed by atoms with van der Waals surface area (Å²) in [5.74, 6) is 0.479. The van der Waals surface area contributed by atoms with Crippen LogP contribution in [0.25, 0.3) is 22.0 Å². The number of likely N-dealkylation sites (tertiary alicyclic amines) is 1. The number of aryl methyl sites for hydroxylation is 1. The molecule has 276 valence electrons. The maximum absolute atomic E-state index is 15.7. The van der Waals surface area contributed by atoms with E-state index in [-0.39, 0.29) is 29.2 Å². The molecule has 0 spiro atoms. The van der Waals surface area contributed by atoms with Crippen molar-refractivity contribution in [1.29, 1.82) is 0 Å². The van der Waals surface area contributed by atoms with E-state index in [2.05, 4.69) is 49.6 Å². The van der Waals surface area contributed by atoms with Crippen LogP contribution in [0.5, 0.6) is 5.75 Å². The average molecular weight is 715 g/mol. The molecule has 0 bridgehead atoms. The first-order valence-electron chi connectivity index (χ1n) is 18.0. The number of anilines is 1. The number of aromatic nitrogens is 3. The van der Waals surface area contributed by atoms with E-state index in [1.807, 2.05) is 16.8 Å². The van der Waals surface area contributed by atoms with Gasteiger partial charge in [-0.3, -0.25) is 29.3 Å². The van der Waals surface area contributed by atoms with Crippen molar-refractivity contribution in [2.45, 2.75) is 50.4 Å². The second-order valence-electron chi connectivity index (χ2n) is 14.3. The van der Waals surface area contributed by atoms with Gasteiger partial charge in [-0.1, -0.05) is 12.1 Å². The Morgan fingerprint density at radius 3 is 2.46 bits per heavy atom. The lowest BCUT2D eigenvalue weighted by Crippen LogP contribution is -2.54. The fourth-order valence-electron chi connectivity index (χ4n) is 7.93. The number of nitrogens with zero attached hydrogens (tertiary/aromatic N) is 6. The Balaban J connectivity index is 0.890. The van der Waals surface area contributed by atoms with Crippen LogP contribution in [0.2, 0.25) is 0 Å². The highest BCUT2D eigenvalue weighted by molar-refractivity contribution is 5.93. The van der Waals surface area contributed by atoms with Crippen molar-refractivity contribution < 1.29 is 23.8 Å². The molecule has 2 aromatic carbocycles. The fraction of sp³-hybridized carbons (Fsp3) is 0.474. The Hall–Kier alpha value is -4.79. The largest absolute Gasteiger partial charge is 0.496 e. The third-order valence-electron chi connectivity index (χ3n) is 11.1. The maximum atomic E-state index is 15.7. The van der Waals surface area contributed by atoms with E-state index in [0.29, 0.717) is 91.4 Å². The summed E-state index contributed by atoms with van der Waals surface area (Å²) in [7, 11) is 5.13. The van der Waals surface area contributed by atoms with Crippen molar-refractivity contribution in [3.8, 4) is 16.9 Å². The van der Waals surface area contributed by atoms with Crippen LogP contribution in [-0.4, -0.2) is 119 Å². The molecular formula is C38H47FN8O5. The molecule has 2 amide bonds. The second kappa shape index (κ2) is 15.1. The Bertz CT molecular complexity index is 1980. The monoisotopic (exact) mass is 714 g/mol. The lowest BCUT2D eigenvalue weighted by atomic mass is 9.89. The number of benzene rings is 2. The van der Waals surface area contributed by atoms with E-state index < -0.39 is 6.23 Å². The van der Waals surface area contributed by atoms with E-state index in [9.17, 15) is 19.5 Å². The summed E-state index contributed by atoms with van der Waals surface area (Å²) in [6.45, 7) is 4.89. The van der Waals surface area contributed by atoms with Crippen molar-refractivity contribution in [2.24, 2.45) is 7.05 Å². The first-order valence-corrected chi connectivity index (χ1v) is 18.0. The predicted octanol–water partition coefficient (Wildman–Crippen LogP) is 2.63. The van der Waals surface area contributed by atoms with E-state index in [0.717, 1.165) is 31.6 Å². The zero-order valence-electron chi connectivity index (χ0n) is 30.0. The van der Waals surface area contributed by atoms with Gasteiger partial charge in [0.1, 0.15) is 23.3 Å². The topological polar surface area (TPSA) is 139 Å². The van der Waals surface area contributed by atoms with Gasteiger partial charge in [-0.2, -0.15) is 5.10 Å². The van der Waals surface area contributed by atoms with Gasteiger partial charge in [0.15, 0.2) is 0 Å². The van der Waals surface area contributed by atoms with E-state index >= 15 is 4.39 Å². The van der Waals surface area contributed by atoms with Gasteiger partial charge in [0.2, 0.25) is 11.8 Å². The van der Waals surface area contributed by atoms with Crippen LogP contribution < -0.4 is 20.5 Å². The molecule has 52 heavy (non-hydrogen) atoms. The van der Waals surface area contributed by atoms with Gasteiger partial charge >= 0.3 is 0 Å². The minimum absolute atomic E-state index is 0.116. The Labute approximate surface area is 301 Å². The molecule has 7 rings (SSSR count). The Kier molecular flexibility index (Phi) is 10.3. The normalized spacial score (nSPS) is 20.6. The number of hydrogen-bond acceptors (Lipinski definition) is 9. The predicted molar refractivity (Wildman–Crippen MR) is 196 cm³/mol. The number of likely N-dealkylation sites (N-methyl/N-ethyl adjacent to an activating group) is 1. The molecule has 14 heteroatoms. The molecule has 3 aliphatic heterocycles. The number of carbonyl (C=O) groups excluding carboxylic acids is 2. The molecular weight excluding hydrogens is 667 g/mol. The molecule has 4 aromatic rings. The standard InChI is InChI=1S/C38H47FN8O5/c1-43-21-29(28-20-40-42-36(28)38(43)51)26-18-31(39)30(33(19-26)52-3)22-46-14-16-47(17-15-46)35(49)23-45-12-10-25(11-13-45)24-4-6-27(7-5-24)44(2)32-8-9-34(48)41-37(32)50/h4-7,18-21,25,32,37,50H,8-17,22-23H2,1-3H3,(H,40,42)(H,41,48). The number of aliphatic hydroxyl groups excluding tert-OH is 1. The Morgan fingerprint density at radius 1 is 1.04 bits per heavy atom. The summed E-state index contributed by atoms with van der Waals surface area (Å²) in [6.07, 6.45) is 5.35. The molecule has 2 unspecified atom stereocenters. The van der Waals surface area contributed by atoms with Gasteiger partial charge in [-0.25, -0.2) is 4.39 Å². The smallest absolute Gasteiger partial charge is 0.276 e. The lowest BCUT2D eigenvalue weighted by Gasteiger charge is -2.37. The number of piperidine rings is 2. The van der Waals surface area contributed by atoms with Crippen LogP contribution in [0.15, 0.2) is 53.6 Å². The zero-order chi connectivity index (χ0) is 36.5. The molecule has 3 saturated heterocycles. The highest BCUT2D eigenvalue weighted by Gasteiger charge is 2.31. The number of carbonyl (C=O) groups is 2. The average Bonchev–Trinajstić information content (AvgIpc) is 3.65. The van der Waals surface area contributed by atoms with Gasteiger partial charge in [0.25, 0.3) is 5.56 Å². The van der Waals surface area contributed by atoms with Gasteiger partial charge in [0.05, 0.1) is 25.9 Å². The SMILES string of the molecule is COc1cc(-c2cn(C)c(=O)c3[nH]ncc23)cc(F)c1CN1CCN(C(=O)CN2CCC(c3ccc(N(C)C4CCC(=O)NC4O)cc3)CC2)CC1. The zero-order valence-corrected chi connectivity index (χ0v) is 30.0. The van der Waals surface area contributed by atoms with Gasteiger partial charge in [-0.15, -0.1) is 0 Å². The highest BCUT2D eigenvalue weighted by atomic mass is 19.1. The number of halogens is 1. The number of amides is 2. The number of aromatic amines is 1. The van der Waals surface area contributed by atoms with Crippen molar-refractivity contribution >= 4 is 28.4 Å². The minimum atomic E-state index is -0.879. The number of rotatable bonds is 9. The fourth-order valence-corrected chi connectivity index (χ4v) is 7.93. The van der Waals surface area contributed by atoms with Crippen molar-refractivity contribution in [3.05, 3.63) is 76.1 Å². The van der Waals surface area contributed by atoms with Crippen molar-refractivity contribution in [1.82, 2.24) is 34.8 Å². The molecule has 5 heterocycles. The molecule has 0 aliphatic carbocycles. The summed E-state index contributed by atoms with van der Waals surface area (Å²) >= 11 is 0. The molecule has 0 saturated carbocycles. The van der Waals surface area contributed by atoms with Crippen LogP contribution in [0.1, 0.15) is 42.7 Å². The van der Waals surface area contributed by atoms with Gasteiger partial charge < -0.3 is 29.5 Å². The molecule has 13 nitrogen and oxygen atoms in total. The number of ether oxygens (including phenoxy) is 1. The number of fused-ring (bicyclic) bond motifs is 1. The van der Waals surface area contributed by atoms with E-state index in [1.165, 1.54) is 23.3 Å². The molecule has 3 fully saturated rings. The molecule has 0 radical (unpaired) electrons. The quantitative estimate of drug-likeness (QED) is 0.239. The third kappa shape index (κ3) is 7.28. The molecule has 2 atom stereocenters. The van der Waals surface area contributed by atoms with Gasteiger partial charge in [0, 0.05) is 81.6 Å². The Morgan fingerprint density at radius 2 is 1.77 bits per heavy atom. The number of hydrogen-bond donors (Lipinski definition) is 3. The number of H-pyrrole nitrogens is 1. The van der Waals surface area contributed by atoms with Crippen LogP contribution >= 0.6 is 0 Å². The summed E-state index contributed by atoms with van der Waals surface area (Å²) in [4.78, 5) is 45.7. The number of nitrogens with one attached hydrogen (secondary N) is 2. The number of methoxy groups -OCH3 is 1. The third-order valence-corrected chi connectivity index (χ3v) is 11.1. The molecule has 3 N–H and O–H groups in total. The highest BCUT2D eigenvalue weighted by Crippen LogP contribution is 2.34. The van der Waals surface area contributed by atoms with Crippen LogP contribution in [0.3, 0.4) is 0 Å². The summed E-state index contributed by atoms with van der Waals surface area (Å²) in [6, 6.07) is 11.6. The van der Waals surface area contributed by atoms with Crippen LogP contribution in [0, 0.1) is 5.82 Å². The second-order valence-corrected chi connectivity index (χ2v) is 14.3. The van der Waals surface area contributed by atoms with E-state index in [4.69, 9.17) is 4.74 Å². The van der Waals surface area contributed by atoms with Crippen LogP contribution in [0.4, 0.5) is 10.1 Å². The summed E-state index contributed by atoms with van der Waals surface area (Å²) in [5, 5.41) is 20.3. The first-order chi connectivity index (χ1) is 25.1. The van der Waals surface area contributed by atoms with Crippen molar-refractivity contribution in [3.63, 3.8) is 0 Å². The number of aliphatic hydroxyl groups is 1. The van der Waals surface area contributed by atoms with Crippen molar-refractivity contribution in [2.75, 3.05) is 64.9 Å². The molecule has 2 aromatic heterocycles. The first kappa shape index (κ1) is 35.6. The maximum Gasteiger partial charge on any atom is 0.276 e. The summed E-state index contributed by atoms with van der Waals surface area (Å²) in [5.41, 5.74) is 4.17. The van der Waals surface area contributed by atoms with E-state index in [1.54, 1.807) is 25.5 Å². The number of pyridine rings is 1. The number of piperazine rings is 1. The van der Waals surface area contributed by atoms with Crippen LogP contribution in [-0.2, 0) is 23.2 Å². The minimum Gasteiger partial charge on any atom is -0.496 e. The van der Waals surface area contributed by atoms with Gasteiger partial charge in [-0.05, 0) is 73.7 Å². The lowest BCUT2D eigenvalue weighted by molar-refractivity contribution is -0.134. The summed E-state index contributed by atoms with van der Waals surface area (Å²) < 4.78 is 22.8. The molecule has 3 aliphatic rings.